The first kappa shape index (κ1) is 27.1. The van der Waals surface area contributed by atoms with Crippen molar-refractivity contribution < 1.29 is 15.0 Å². The molecule has 0 radical (unpaired) electrons. The number of rotatable bonds is 5. The predicted octanol–water partition coefficient (Wildman–Crippen LogP) is 5.82. The maximum Gasteiger partial charge on any atom is 0.175 e. The van der Waals surface area contributed by atoms with Gasteiger partial charge in [0.15, 0.2) is 5.78 Å². The molecule has 7 atom stereocenters. The lowest BCUT2D eigenvalue weighted by Gasteiger charge is -2.60. The van der Waals surface area contributed by atoms with Crippen LogP contribution < -0.4 is 0 Å². The number of benzene rings is 1. The van der Waals surface area contributed by atoms with Gasteiger partial charge in [-0.05, 0) is 105 Å². The van der Waals surface area contributed by atoms with E-state index >= 15 is 0 Å². The van der Waals surface area contributed by atoms with Crippen LogP contribution in [0.5, 0.6) is 0 Å². The van der Waals surface area contributed by atoms with Gasteiger partial charge in [-0.1, -0.05) is 54.9 Å². The van der Waals surface area contributed by atoms with E-state index in [1.54, 1.807) is 6.20 Å². The Balaban J connectivity index is 1.16. The molecule has 3 fully saturated rings. The molecule has 6 nitrogen and oxygen atoms in total. The van der Waals surface area contributed by atoms with E-state index in [-0.39, 0.29) is 34.7 Å². The minimum Gasteiger partial charge on any atom is -0.393 e. The van der Waals surface area contributed by atoms with E-state index < -0.39 is 17.1 Å². The summed E-state index contributed by atoms with van der Waals surface area (Å²) in [6.45, 7) is 6.51. The number of Topliss-reactive ketones (excluding diaryl/α,β-unsaturated/α-hetero) is 1. The zero-order chi connectivity index (χ0) is 28.6. The fourth-order valence-corrected chi connectivity index (χ4v) is 10.1. The van der Waals surface area contributed by atoms with Gasteiger partial charge in [0.2, 0.25) is 0 Å². The average molecular weight is 570 g/mol. The number of pyridine rings is 1. The van der Waals surface area contributed by atoms with Gasteiger partial charge in [0.1, 0.15) is 5.60 Å². The summed E-state index contributed by atoms with van der Waals surface area (Å²) in [7, 11) is 0. The molecule has 7 rings (SSSR count). The second-order valence-electron chi connectivity index (χ2n) is 13.4. The van der Waals surface area contributed by atoms with Gasteiger partial charge in [-0.25, -0.2) is 9.67 Å². The van der Waals surface area contributed by atoms with Gasteiger partial charge >= 0.3 is 0 Å². The van der Waals surface area contributed by atoms with Crippen molar-refractivity contribution in [2.24, 2.45) is 28.6 Å². The van der Waals surface area contributed by atoms with Crippen molar-refractivity contribution in [3.63, 3.8) is 0 Å². The molecule has 41 heavy (non-hydrogen) atoms. The van der Waals surface area contributed by atoms with E-state index in [1.165, 1.54) is 28.5 Å². The Morgan fingerprint density at radius 1 is 1.15 bits per heavy atom. The SMILES string of the molecule is Cc1ccc(-n2ncc3c2C=C2CCC4C(C(O)CC5(C)C4CC[C@]5(O)C(=O)CSc4ccccn4)C2(C)C3)cc1. The van der Waals surface area contributed by atoms with Gasteiger partial charge in [-0.3, -0.25) is 4.79 Å². The molecule has 3 saturated carbocycles. The van der Waals surface area contributed by atoms with Crippen LogP contribution >= 0.6 is 11.8 Å². The molecule has 6 unspecified atom stereocenters. The van der Waals surface area contributed by atoms with Crippen LogP contribution in [-0.2, 0) is 11.2 Å². The summed E-state index contributed by atoms with van der Waals surface area (Å²) in [5.74, 6) is 0.636. The molecule has 214 valence electrons. The van der Waals surface area contributed by atoms with Crippen molar-refractivity contribution in [2.75, 3.05) is 5.75 Å². The van der Waals surface area contributed by atoms with E-state index in [9.17, 15) is 15.0 Å². The molecular formula is C34H39N3O3S. The number of hydrogen-bond donors (Lipinski definition) is 2. The number of aliphatic hydroxyl groups is 2. The first-order valence-corrected chi connectivity index (χ1v) is 16.0. The summed E-state index contributed by atoms with van der Waals surface area (Å²) < 4.78 is 2.05. The van der Waals surface area contributed by atoms with Crippen molar-refractivity contribution in [1.82, 2.24) is 14.8 Å². The summed E-state index contributed by atoms with van der Waals surface area (Å²) in [4.78, 5) is 18.0. The molecule has 4 aliphatic carbocycles. The third-order valence-electron chi connectivity index (χ3n) is 11.3. The second kappa shape index (κ2) is 9.65. The fourth-order valence-electron chi connectivity index (χ4n) is 9.23. The molecule has 2 N–H and O–H groups in total. The number of carbonyl (C=O) groups excluding carboxylic acids is 1. The molecule has 7 heteroatoms. The van der Waals surface area contributed by atoms with Gasteiger partial charge in [0, 0.05) is 11.6 Å². The number of thioether (sulfide) groups is 1. The van der Waals surface area contributed by atoms with E-state index in [4.69, 9.17) is 5.10 Å². The van der Waals surface area contributed by atoms with Crippen LogP contribution in [0.4, 0.5) is 0 Å². The standard InChI is InChI=1S/C34H39N3O3S/c1-21-7-10-24(11-8-21)37-27-16-23-9-12-25-26-13-14-34(40,29(39)20-41-30-6-4-5-15-35-30)33(26,3)18-28(38)31(25)32(23,2)17-22(27)19-36-37/h4-8,10-11,15-16,19,25-26,28,31,38,40H,9,12-14,17-18,20H2,1-3H3/t25?,26?,28?,31?,32?,33?,34-/m0/s1. The monoisotopic (exact) mass is 569 g/mol. The number of aromatic nitrogens is 3. The molecule has 1 aromatic carbocycles. The highest BCUT2D eigenvalue weighted by Crippen LogP contribution is 2.67. The lowest BCUT2D eigenvalue weighted by Crippen LogP contribution is -2.62. The zero-order valence-corrected chi connectivity index (χ0v) is 24.9. The van der Waals surface area contributed by atoms with Crippen LogP contribution in [-0.4, -0.2) is 48.2 Å². The maximum absolute atomic E-state index is 13.6. The van der Waals surface area contributed by atoms with Crippen molar-refractivity contribution >= 4 is 23.6 Å². The number of aliphatic hydroxyl groups excluding tert-OH is 1. The highest BCUT2D eigenvalue weighted by atomic mass is 32.2. The van der Waals surface area contributed by atoms with Gasteiger partial charge in [0.25, 0.3) is 0 Å². The van der Waals surface area contributed by atoms with Gasteiger partial charge in [-0.15, -0.1) is 0 Å². The Morgan fingerprint density at radius 2 is 1.95 bits per heavy atom. The van der Waals surface area contributed by atoms with Crippen molar-refractivity contribution in [2.45, 2.75) is 76.0 Å². The number of hydrogen-bond acceptors (Lipinski definition) is 6. The Hall–Kier alpha value is -2.74. The van der Waals surface area contributed by atoms with Gasteiger partial charge in [-0.2, -0.15) is 5.10 Å². The molecule has 0 bridgehead atoms. The van der Waals surface area contributed by atoms with Crippen molar-refractivity contribution in [1.29, 1.82) is 0 Å². The van der Waals surface area contributed by atoms with E-state index in [1.807, 2.05) is 29.1 Å². The number of aryl methyl sites for hydroxylation is 1. The van der Waals surface area contributed by atoms with Crippen LogP contribution in [0.1, 0.15) is 62.8 Å². The number of fused-ring (bicyclic) bond motifs is 6. The Kier molecular flexibility index (Phi) is 6.38. The Labute approximate surface area is 246 Å². The summed E-state index contributed by atoms with van der Waals surface area (Å²) in [6.07, 6.45) is 10.0. The molecule has 0 saturated heterocycles. The second-order valence-corrected chi connectivity index (χ2v) is 14.4. The quantitative estimate of drug-likeness (QED) is 0.377. The summed E-state index contributed by atoms with van der Waals surface area (Å²) in [5, 5.41) is 29.5. The van der Waals surface area contributed by atoms with Gasteiger partial charge < -0.3 is 10.2 Å². The Morgan fingerprint density at radius 3 is 2.71 bits per heavy atom. The van der Waals surface area contributed by atoms with Crippen molar-refractivity contribution in [3.8, 4) is 5.69 Å². The summed E-state index contributed by atoms with van der Waals surface area (Å²) in [6, 6.07) is 14.1. The predicted molar refractivity (Wildman–Crippen MR) is 161 cm³/mol. The number of nitrogens with zero attached hydrogens (tertiary/aromatic N) is 3. The highest BCUT2D eigenvalue weighted by Gasteiger charge is 2.68. The first-order chi connectivity index (χ1) is 19.6. The maximum atomic E-state index is 13.6. The third kappa shape index (κ3) is 4.03. The molecule has 0 spiro atoms. The molecule has 2 heterocycles. The van der Waals surface area contributed by atoms with Crippen LogP contribution in [0, 0.1) is 35.5 Å². The summed E-state index contributed by atoms with van der Waals surface area (Å²) in [5.41, 5.74) is 3.85. The van der Waals surface area contributed by atoms with Crippen LogP contribution in [0.3, 0.4) is 0 Å². The van der Waals surface area contributed by atoms with Crippen LogP contribution in [0.15, 0.2) is 65.5 Å². The van der Waals surface area contributed by atoms with Crippen LogP contribution in [0.2, 0.25) is 0 Å². The zero-order valence-electron chi connectivity index (χ0n) is 24.1. The fraction of sp³-hybridized carbons (Fsp3) is 0.500. The molecule has 2 aromatic heterocycles. The van der Waals surface area contributed by atoms with E-state index in [0.29, 0.717) is 12.8 Å². The van der Waals surface area contributed by atoms with Crippen LogP contribution in [0.25, 0.3) is 11.8 Å². The number of allylic oxidation sites excluding steroid dienone is 1. The molecule has 0 amide bonds. The minimum absolute atomic E-state index is 0.0943. The Bertz CT molecular complexity index is 1520. The lowest BCUT2D eigenvalue weighted by molar-refractivity contribution is -0.177. The molecule has 0 aliphatic heterocycles. The molecular weight excluding hydrogens is 530 g/mol. The largest absolute Gasteiger partial charge is 0.393 e. The van der Waals surface area contributed by atoms with Gasteiger partial charge in [0.05, 0.1) is 34.5 Å². The van der Waals surface area contributed by atoms with E-state index in [2.05, 4.69) is 56.1 Å². The van der Waals surface area contributed by atoms with E-state index in [0.717, 1.165) is 42.1 Å². The average Bonchev–Trinajstić information content (AvgIpc) is 3.48. The minimum atomic E-state index is -1.42. The lowest BCUT2D eigenvalue weighted by atomic mass is 9.45. The van der Waals surface area contributed by atoms with Crippen molar-refractivity contribution in [3.05, 3.63) is 77.3 Å². The normalized spacial score (nSPS) is 35.6. The third-order valence-corrected chi connectivity index (χ3v) is 12.2. The highest BCUT2D eigenvalue weighted by molar-refractivity contribution is 7.99. The summed E-state index contributed by atoms with van der Waals surface area (Å²) >= 11 is 1.39. The molecule has 3 aromatic rings. The molecule has 4 aliphatic rings. The number of ketones is 1. The number of carbonyl (C=O) groups is 1. The smallest absolute Gasteiger partial charge is 0.175 e. The topological polar surface area (TPSA) is 88.2 Å². The first-order valence-electron chi connectivity index (χ1n) is 15.0.